The molecule has 0 spiro atoms. The zero-order valence-electron chi connectivity index (χ0n) is 16.5. The van der Waals surface area contributed by atoms with Crippen molar-refractivity contribution in [2.45, 2.75) is 32.7 Å². The largest absolute Gasteiger partial charge is 0.497 e. The van der Waals surface area contributed by atoms with Crippen LogP contribution in [0, 0.1) is 13.8 Å². The number of carbonyl (C=O) groups excluding carboxylic acids is 1. The normalized spacial score (nSPS) is 17.0. The first kappa shape index (κ1) is 19.2. The molecule has 0 aromatic heterocycles. The van der Waals surface area contributed by atoms with Gasteiger partial charge in [-0.1, -0.05) is 12.1 Å². The summed E-state index contributed by atoms with van der Waals surface area (Å²) < 4.78 is 10.9. The van der Waals surface area contributed by atoms with Crippen molar-refractivity contribution in [2.75, 3.05) is 32.6 Å². The molecule has 0 aliphatic carbocycles. The van der Waals surface area contributed by atoms with Gasteiger partial charge in [-0.2, -0.15) is 0 Å². The number of anilines is 1. The highest BCUT2D eigenvalue weighted by atomic mass is 16.5. The van der Waals surface area contributed by atoms with Crippen molar-refractivity contribution in [3.63, 3.8) is 0 Å². The third-order valence-electron chi connectivity index (χ3n) is 5.17. The zero-order chi connectivity index (χ0) is 19.4. The van der Waals surface area contributed by atoms with E-state index >= 15 is 0 Å². The zero-order valence-corrected chi connectivity index (χ0v) is 16.5. The third kappa shape index (κ3) is 4.42. The molecule has 1 aliphatic rings. The van der Waals surface area contributed by atoms with Gasteiger partial charge in [-0.25, -0.2) is 0 Å². The first-order valence-electron chi connectivity index (χ1n) is 9.35. The fourth-order valence-corrected chi connectivity index (χ4v) is 3.71. The SMILES string of the molecule is COc1ccc(OC)c([C@H]2CCCN2CC(=O)Nc2cc(C)ccc2C)c1. The van der Waals surface area contributed by atoms with Crippen molar-refractivity contribution >= 4 is 11.6 Å². The standard InChI is InChI=1S/C22H28N2O3/c1-15-7-8-16(2)19(12-15)23-22(25)14-24-11-5-6-20(24)18-13-17(26-3)9-10-21(18)27-4/h7-10,12-13,20H,5-6,11,14H2,1-4H3,(H,23,25)/t20-/m1/s1. The number of methoxy groups -OCH3 is 2. The molecule has 3 rings (SSSR count). The van der Waals surface area contributed by atoms with E-state index in [9.17, 15) is 4.79 Å². The molecule has 0 unspecified atom stereocenters. The Morgan fingerprint density at radius 2 is 1.96 bits per heavy atom. The second-order valence-electron chi connectivity index (χ2n) is 7.10. The van der Waals surface area contributed by atoms with Crippen molar-refractivity contribution in [3.8, 4) is 11.5 Å². The van der Waals surface area contributed by atoms with E-state index in [2.05, 4.69) is 16.3 Å². The van der Waals surface area contributed by atoms with Gasteiger partial charge in [0.2, 0.25) is 5.91 Å². The van der Waals surface area contributed by atoms with E-state index in [-0.39, 0.29) is 11.9 Å². The Labute approximate surface area is 161 Å². The number of nitrogens with one attached hydrogen (secondary N) is 1. The molecule has 1 aliphatic heterocycles. The number of likely N-dealkylation sites (tertiary alicyclic amines) is 1. The lowest BCUT2D eigenvalue weighted by Gasteiger charge is -2.26. The van der Waals surface area contributed by atoms with Gasteiger partial charge in [0.25, 0.3) is 0 Å². The maximum atomic E-state index is 12.7. The Kier molecular flexibility index (Phi) is 6.01. The van der Waals surface area contributed by atoms with Crippen LogP contribution in [0.25, 0.3) is 0 Å². The van der Waals surface area contributed by atoms with Gasteiger partial charge in [-0.3, -0.25) is 9.69 Å². The van der Waals surface area contributed by atoms with Gasteiger partial charge < -0.3 is 14.8 Å². The number of benzene rings is 2. The molecule has 1 amide bonds. The molecule has 1 atom stereocenters. The first-order valence-corrected chi connectivity index (χ1v) is 9.35. The van der Waals surface area contributed by atoms with Crippen molar-refractivity contribution < 1.29 is 14.3 Å². The predicted octanol–water partition coefficient (Wildman–Crippen LogP) is 4.10. The van der Waals surface area contributed by atoms with E-state index in [0.29, 0.717) is 6.54 Å². The van der Waals surface area contributed by atoms with Crippen molar-refractivity contribution in [3.05, 3.63) is 53.1 Å². The van der Waals surface area contributed by atoms with Crippen LogP contribution in [-0.2, 0) is 4.79 Å². The third-order valence-corrected chi connectivity index (χ3v) is 5.17. The van der Waals surface area contributed by atoms with Gasteiger partial charge >= 0.3 is 0 Å². The monoisotopic (exact) mass is 368 g/mol. The number of rotatable bonds is 6. The summed E-state index contributed by atoms with van der Waals surface area (Å²) >= 11 is 0. The van der Waals surface area contributed by atoms with Crippen molar-refractivity contribution in [1.82, 2.24) is 4.90 Å². The summed E-state index contributed by atoms with van der Waals surface area (Å²) in [5.74, 6) is 1.65. The topological polar surface area (TPSA) is 50.8 Å². The Balaban J connectivity index is 1.75. The predicted molar refractivity (Wildman–Crippen MR) is 108 cm³/mol. The summed E-state index contributed by atoms with van der Waals surface area (Å²) in [4.78, 5) is 14.9. The molecule has 1 fully saturated rings. The molecule has 0 saturated carbocycles. The van der Waals surface area contributed by atoms with Crippen molar-refractivity contribution in [2.24, 2.45) is 0 Å². The number of hydrogen-bond donors (Lipinski definition) is 1. The Hall–Kier alpha value is -2.53. The van der Waals surface area contributed by atoms with Crippen LogP contribution in [0.4, 0.5) is 5.69 Å². The van der Waals surface area contributed by atoms with Gasteiger partial charge in [0.15, 0.2) is 0 Å². The smallest absolute Gasteiger partial charge is 0.238 e. The number of nitrogens with zero attached hydrogens (tertiary/aromatic N) is 1. The van der Waals surface area contributed by atoms with Crippen LogP contribution in [-0.4, -0.2) is 38.1 Å². The number of hydrogen-bond acceptors (Lipinski definition) is 4. The lowest BCUT2D eigenvalue weighted by Crippen LogP contribution is -2.33. The van der Waals surface area contributed by atoms with E-state index in [0.717, 1.165) is 53.3 Å². The quantitative estimate of drug-likeness (QED) is 0.834. The minimum absolute atomic E-state index is 0.0115. The Bertz CT molecular complexity index is 819. The van der Waals surface area contributed by atoms with E-state index in [1.54, 1.807) is 14.2 Å². The average molecular weight is 368 g/mol. The van der Waals surface area contributed by atoms with Crippen molar-refractivity contribution in [1.29, 1.82) is 0 Å². The van der Waals surface area contributed by atoms with E-state index < -0.39 is 0 Å². The van der Waals surface area contributed by atoms with Crippen LogP contribution in [0.2, 0.25) is 0 Å². The molecule has 144 valence electrons. The maximum Gasteiger partial charge on any atom is 0.238 e. The summed E-state index contributed by atoms with van der Waals surface area (Å²) in [6.07, 6.45) is 2.06. The van der Waals surface area contributed by atoms with Crippen LogP contribution in [0.1, 0.15) is 35.6 Å². The van der Waals surface area contributed by atoms with E-state index in [1.165, 1.54) is 0 Å². The van der Waals surface area contributed by atoms with Gasteiger partial charge in [0, 0.05) is 17.3 Å². The van der Waals surface area contributed by atoms with Crippen LogP contribution in [0.15, 0.2) is 36.4 Å². The summed E-state index contributed by atoms with van der Waals surface area (Å²) in [5.41, 5.74) is 4.17. The molecule has 1 heterocycles. The molecular weight excluding hydrogens is 340 g/mol. The number of aryl methyl sites for hydroxylation is 2. The fourth-order valence-electron chi connectivity index (χ4n) is 3.71. The second-order valence-corrected chi connectivity index (χ2v) is 7.10. The highest BCUT2D eigenvalue weighted by Gasteiger charge is 2.30. The van der Waals surface area contributed by atoms with Crippen LogP contribution in [0.3, 0.4) is 0 Å². The summed E-state index contributed by atoms with van der Waals surface area (Å²) in [6, 6.07) is 12.1. The highest BCUT2D eigenvalue weighted by molar-refractivity contribution is 5.93. The minimum atomic E-state index is 0.0115. The lowest BCUT2D eigenvalue weighted by atomic mass is 10.0. The van der Waals surface area contributed by atoms with Crippen LogP contribution >= 0.6 is 0 Å². The highest BCUT2D eigenvalue weighted by Crippen LogP contribution is 2.38. The molecular formula is C22H28N2O3. The molecule has 27 heavy (non-hydrogen) atoms. The molecule has 0 bridgehead atoms. The van der Waals surface area contributed by atoms with Gasteiger partial charge in [0.05, 0.1) is 20.8 Å². The molecule has 5 heteroatoms. The minimum Gasteiger partial charge on any atom is -0.497 e. The molecule has 2 aromatic rings. The summed E-state index contributed by atoms with van der Waals surface area (Å²) in [7, 11) is 3.34. The second kappa shape index (κ2) is 8.44. The van der Waals surface area contributed by atoms with Crippen LogP contribution in [0.5, 0.6) is 11.5 Å². The average Bonchev–Trinajstić information content (AvgIpc) is 3.11. The number of carbonyl (C=O) groups is 1. The van der Waals surface area contributed by atoms with Gasteiger partial charge in [0.1, 0.15) is 11.5 Å². The lowest BCUT2D eigenvalue weighted by molar-refractivity contribution is -0.117. The summed E-state index contributed by atoms with van der Waals surface area (Å²) in [6.45, 7) is 5.29. The first-order chi connectivity index (χ1) is 13.0. The molecule has 1 saturated heterocycles. The molecule has 5 nitrogen and oxygen atoms in total. The van der Waals surface area contributed by atoms with E-state index in [1.807, 2.05) is 44.2 Å². The summed E-state index contributed by atoms with van der Waals surface area (Å²) in [5, 5.41) is 3.06. The molecule has 0 radical (unpaired) electrons. The van der Waals surface area contributed by atoms with Gasteiger partial charge in [-0.05, 0) is 68.6 Å². The number of ether oxygens (including phenoxy) is 2. The Morgan fingerprint density at radius 1 is 1.15 bits per heavy atom. The maximum absolute atomic E-state index is 12.7. The fraction of sp³-hybridized carbons (Fsp3) is 0.409. The van der Waals surface area contributed by atoms with Gasteiger partial charge in [-0.15, -0.1) is 0 Å². The van der Waals surface area contributed by atoms with Crippen LogP contribution < -0.4 is 14.8 Å². The molecule has 1 N–H and O–H groups in total. The number of amides is 1. The Morgan fingerprint density at radius 3 is 2.70 bits per heavy atom. The molecule has 2 aromatic carbocycles. The van der Waals surface area contributed by atoms with E-state index in [4.69, 9.17) is 9.47 Å².